The van der Waals surface area contributed by atoms with E-state index in [2.05, 4.69) is 39.1 Å². The number of ether oxygens (including phenoxy) is 1. The van der Waals surface area contributed by atoms with Crippen LogP contribution in [0.4, 0.5) is 0 Å². The van der Waals surface area contributed by atoms with E-state index in [4.69, 9.17) is 4.74 Å². The number of hydrogen-bond acceptors (Lipinski definition) is 3. The second-order valence-electron chi connectivity index (χ2n) is 5.63. The molecule has 0 radical (unpaired) electrons. The lowest BCUT2D eigenvalue weighted by molar-refractivity contribution is 0.101. The maximum Gasteiger partial charge on any atom is 0.119 e. The van der Waals surface area contributed by atoms with Gasteiger partial charge in [-0.2, -0.15) is 0 Å². The van der Waals surface area contributed by atoms with Crippen LogP contribution in [-0.4, -0.2) is 30.4 Å². The molecule has 0 aliphatic heterocycles. The fourth-order valence-corrected chi connectivity index (χ4v) is 2.25. The summed E-state index contributed by atoms with van der Waals surface area (Å²) >= 11 is 0. The molecule has 114 valence electrons. The highest BCUT2D eigenvalue weighted by atomic mass is 16.5. The minimum Gasteiger partial charge on any atom is -0.491 e. The highest BCUT2D eigenvalue weighted by molar-refractivity contribution is 5.28. The van der Waals surface area contributed by atoms with E-state index < -0.39 is 6.10 Å². The molecule has 20 heavy (non-hydrogen) atoms. The van der Waals surface area contributed by atoms with Crippen LogP contribution in [0, 0.1) is 5.92 Å². The Labute approximate surface area is 123 Å². The first-order valence-electron chi connectivity index (χ1n) is 7.70. The maximum absolute atomic E-state index is 9.98. The second-order valence-corrected chi connectivity index (χ2v) is 5.63. The van der Waals surface area contributed by atoms with Gasteiger partial charge in [-0.05, 0) is 36.5 Å². The van der Waals surface area contributed by atoms with Gasteiger partial charge in [0.15, 0.2) is 0 Å². The summed E-state index contributed by atoms with van der Waals surface area (Å²) in [6.07, 6.45) is 1.59. The van der Waals surface area contributed by atoms with Crippen LogP contribution in [0.3, 0.4) is 0 Å². The number of aryl methyl sites for hydroxylation is 1. The van der Waals surface area contributed by atoms with Crippen molar-refractivity contribution in [2.24, 2.45) is 5.92 Å². The number of rotatable bonds is 9. The molecule has 2 unspecified atom stereocenters. The standard InChI is InChI=1S/C17H29NO2/c1-5-14-8-7-9-16(10-14)20-12-15(19)11-18-17(6-2)13(3)4/h7-10,13,15,17-19H,5-6,11-12H2,1-4H3. The second kappa shape index (κ2) is 8.98. The molecule has 3 heteroatoms. The van der Waals surface area contributed by atoms with Gasteiger partial charge in [-0.15, -0.1) is 0 Å². The topological polar surface area (TPSA) is 41.5 Å². The lowest BCUT2D eigenvalue weighted by Gasteiger charge is -2.22. The van der Waals surface area contributed by atoms with Crippen molar-refractivity contribution in [2.45, 2.75) is 52.7 Å². The predicted molar refractivity (Wildman–Crippen MR) is 84.2 cm³/mol. The SMILES string of the molecule is CCc1cccc(OCC(O)CNC(CC)C(C)C)c1. The van der Waals surface area contributed by atoms with E-state index in [1.165, 1.54) is 5.56 Å². The number of benzene rings is 1. The molecule has 2 atom stereocenters. The Morgan fingerprint density at radius 2 is 2.00 bits per heavy atom. The van der Waals surface area contributed by atoms with Gasteiger partial charge in [0.2, 0.25) is 0 Å². The van der Waals surface area contributed by atoms with Crippen LogP contribution in [-0.2, 0) is 6.42 Å². The molecule has 0 amide bonds. The zero-order valence-corrected chi connectivity index (χ0v) is 13.2. The molecule has 0 heterocycles. The van der Waals surface area contributed by atoms with Gasteiger partial charge in [-0.3, -0.25) is 0 Å². The van der Waals surface area contributed by atoms with Crippen LogP contribution >= 0.6 is 0 Å². The van der Waals surface area contributed by atoms with E-state index in [9.17, 15) is 5.11 Å². The van der Waals surface area contributed by atoms with Crippen molar-refractivity contribution >= 4 is 0 Å². The van der Waals surface area contributed by atoms with E-state index >= 15 is 0 Å². The van der Waals surface area contributed by atoms with Crippen molar-refractivity contribution in [1.82, 2.24) is 5.32 Å². The fraction of sp³-hybridized carbons (Fsp3) is 0.647. The van der Waals surface area contributed by atoms with Gasteiger partial charge < -0.3 is 15.2 Å². The molecule has 0 fully saturated rings. The molecule has 0 bridgehead atoms. The van der Waals surface area contributed by atoms with Crippen LogP contribution in [0.25, 0.3) is 0 Å². The lowest BCUT2D eigenvalue weighted by Crippen LogP contribution is -2.40. The third-order valence-electron chi connectivity index (χ3n) is 3.61. The van der Waals surface area contributed by atoms with Crippen LogP contribution in [0.5, 0.6) is 5.75 Å². The predicted octanol–water partition coefficient (Wildman–Crippen LogP) is 3.01. The van der Waals surface area contributed by atoms with Gasteiger partial charge in [0.1, 0.15) is 18.5 Å². The van der Waals surface area contributed by atoms with E-state index in [1.807, 2.05) is 18.2 Å². The fourth-order valence-electron chi connectivity index (χ4n) is 2.25. The van der Waals surface area contributed by atoms with Crippen LogP contribution in [0.2, 0.25) is 0 Å². The van der Waals surface area contributed by atoms with Gasteiger partial charge in [-0.25, -0.2) is 0 Å². The van der Waals surface area contributed by atoms with E-state index in [-0.39, 0.29) is 0 Å². The molecule has 3 nitrogen and oxygen atoms in total. The third-order valence-corrected chi connectivity index (χ3v) is 3.61. The molecular formula is C17H29NO2. The molecule has 0 spiro atoms. The molecule has 1 aromatic rings. The molecule has 0 saturated carbocycles. The largest absolute Gasteiger partial charge is 0.491 e. The number of nitrogens with one attached hydrogen (secondary N) is 1. The van der Waals surface area contributed by atoms with Crippen LogP contribution < -0.4 is 10.1 Å². The Morgan fingerprint density at radius 3 is 2.60 bits per heavy atom. The Morgan fingerprint density at radius 1 is 1.25 bits per heavy atom. The van der Waals surface area contributed by atoms with Gasteiger partial charge in [0.05, 0.1) is 0 Å². The summed E-state index contributed by atoms with van der Waals surface area (Å²) in [5.41, 5.74) is 1.25. The highest BCUT2D eigenvalue weighted by Crippen LogP contribution is 2.14. The Bertz CT molecular complexity index is 379. The van der Waals surface area contributed by atoms with E-state index in [1.54, 1.807) is 0 Å². The number of aliphatic hydroxyl groups is 1. The highest BCUT2D eigenvalue weighted by Gasteiger charge is 2.13. The molecule has 1 aromatic carbocycles. The van der Waals surface area contributed by atoms with Crippen LogP contribution in [0.15, 0.2) is 24.3 Å². The Hall–Kier alpha value is -1.06. The first-order chi connectivity index (χ1) is 9.56. The quantitative estimate of drug-likeness (QED) is 0.730. The molecular weight excluding hydrogens is 250 g/mol. The Balaban J connectivity index is 2.33. The zero-order chi connectivity index (χ0) is 15.0. The summed E-state index contributed by atoms with van der Waals surface area (Å²) in [5.74, 6) is 1.41. The van der Waals surface area contributed by atoms with E-state index in [0.29, 0.717) is 25.1 Å². The number of hydrogen-bond donors (Lipinski definition) is 2. The average Bonchev–Trinajstić information content (AvgIpc) is 2.45. The summed E-state index contributed by atoms with van der Waals surface area (Å²) in [5, 5.41) is 13.4. The van der Waals surface area contributed by atoms with Crippen molar-refractivity contribution in [3.63, 3.8) is 0 Å². The van der Waals surface area contributed by atoms with Crippen molar-refractivity contribution in [3.8, 4) is 5.75 Å². The number of aliphatic hydroxyl groups excluding tert-OH is 1. The molecule has 1 rings (SSSR count). The smallest absolute Gasteiger partial charge is 0.119 e. The van der Waals surface area contributed by atoms with Gasteiger partial charge in [0.25, 0.3) is 0 Å². The lowest BCUT2D eigenvalue weighted by atomic mass is 10.0. The summed E-state index contributed by atoms with van der Waals surface area (Å²) in [6.45, 7) is 9.57. The normalized spacial score (nSPS) is 14.3. The van der Waals surface area contributed by atoms with Gasteiger partial charge in [-0.1, -0.05) is 39.8 Å². The van der Waals surface area contributed by atoms with Gasteiger partial charge in [0, 0.05) is 12.6 Å². The van der Waals surface area contributed by atoms with Crippen molar-refractivity contribution < 1.29 is 9.84 Å². The summed E-state index contributed by atoms with van der Waals surface area (Å²) in [4.78, 5) is 0. The Kier molecular flexibility index (Phi) is 7.63. The zero-order valence-electron chi connectivity index (χ0n) is 13.2. The molecule has 0 aromatic heterocycles. The first-order valence-corrected chi connectivity index (χ1v) is 7.70. The first kappa shape index (κ1) is 17.0. The molecule has 2 N–H and O–H groups in total. The minimum atomic E-state index is -0.479. The van der Waals surface area contributed by atoms with Gasteiger partial charge >= 0.3 is 0 Å². The van der Waals surface area contributed by atoms with Crippen molar-refractivity contribution in [2.75, 3.05) is 13.2 Å². The average molecular weight is 279 g/mol. The monoisotopic (exact) mass is 279 g/mol. The van der Waals surface area contributed by atoms with E-state index in [0.717, 1.165) is 18.6 Å². The van der Waals surface area contributed by atoms with Crippen LogP contribution in [0.1, 0.15) is 39.7 Å². The summed E-state index contributed by atoms with van der Waals surface area (Å²) in [6, 6.07) is 8.49. The summed E-state index contributed by atoms with van der Waals surface area (Å²) < 4.78 is 5.65. The molecule has 0 saturated heterocycles. The maximum atomic E-state index is 9.98. The van der Waals surface area contributed by atoms with Crippen molar-refractivity contribution in [1.29, 1.82) is 0 Å². The molecule has 0 aliphatic rings. The third kappa shape index (κ3) is 5.93. The molecule has 0 aliphatic carbocycles. The van der Waals surface area contributed by atoms with Crippen molar-refractivity contribution in [3.05, 3.63) is 29.8 Å². The summed E-state index contributed by atoms with van der Waals surface area (Å²) in [7, 11) is 0. The minimum absolute atomic E-state index is 0.328.